The van der Waals surface area contributed by atoms with Crippen molar-refractivity contribution in [2.24, 2.45) is 0 Å². The van der Waals surface area contributed by atoms with Crippen LogP contribution in [0.4, 0.5) is 0 Å². The molecule has 0 unspecified atom stereocenters. The molecule has 1 fully saturated rings. The normalized spacial score (nSPS) is 26.3. The Balaban J connectivity index is 0.00000156. The Hall–Kier alpha value is 0.830. The van der Waals surface area contributed by atoms with Gasteiger partial charge in [-0.25, -0.2) is 15.0 Å². The summed E-state index contributed by atoms with van der Waals surface area (Å²) in [5, 5.41) is 20.1. The van der Waals surface area contributed by atoms with Crippen molar-refractivity contribution in [2.45, 2.75) is 24.5 Å². The number of hydrogen-bond donors (Lipinski definition) is 2. The first-order valence-electron chi connectivity index (χ1n) is 6.29. The van der Waals surface area contributed by atoms with Crippen molar-refractivity contribution in [2.75, 3.05) is 6.61 Å². The topological polar surface area (TPSA) is 166 Å². The molecule has 1 saturated heterocycles. The van der Waals surface area contributed by atoms with Crippen molar-refractivity contribution < 1.29 is 92.9 Å². The molecule has 0 spiro atoms. The van der Waals surface area contributed by atoms with Crippen LogP contribution in [0.3, 0.4) is 0 Å². The maximum atomic E-state index is 10.5. The Labute approximate surface area is 190 Å². The molecule has 25 heavy (non-hydrogen) atoms. The summed E-state index contributed by atoms with van der Waals surface area (Å²) in [6, 6.07) is 0. The quantitative estimate of drug-likeness (QED) is 0.281. The molecular weight excluding hydrogens is 401 g/mol. The van der Waals surface area contributed by atoms with E-state index >= 15 is 0 Å². The molecule has 11 nitrogen and oxygen atoms in total. The van der Waals surface area contributed by atoms with Gasteiger partial charge in [0.2, 0.25) is 0 Å². The number of hydrogen-bond acceptors (Lipinski definition) is 10. The number of aromatic nitrogens is 4. The number of phosphoric ester groups is 1. The first kappa shape index (κ1) is 23.9. The van der Waals surface area contributed by atoms with E-state index in [-0.39, 0.29) is 75.4 Å². The smallest absolute Gasteiger partial charge is 0.790 e. The molecule has 2 N–H and O–H groups in total. The molecule has 0 radical (unpaired) electrons. The van der Waals surface area contributed by atoms with Gasteiger partial charge in [-0.15, -0.1) is 0 Å². The number of rotatable bonds is 4. The number of fused-ring (bicyclic) bond motifs is 1. The Morgan fingerprint density at radius 3 is 2.60 bits per heavy atom. The summed E-state index contributed by atoms with van der Waals surface area (Å²) in [6.07, 6.45) is -2.77. The monoisotopic (exact) mass is 410 g/mol. The summed E-state index contributed by atoms with van der Waals surface area (Å²) in [6.45, 7) is -0.721. The number of aliphatic hydroxyl groups excluding tert-OH is 2. The van der Waals surface area contributed by atoms with Crippen molar-refractivity contribution in [1.29, 1.82) is 0 Å². The van der Waals surface area contributed by atoms with E-state index in [0.29, 0.717) is 0 Å². The second-order valence-electron chi connectivity index (χ2n) is 4.78. The van der Waals surface area contributed by atoms with Crippen molar-refractivity contribution in [3.05, 3.63) is 17.8 Å². The molecule has 4 atom stereocenters. The van der Waals surface area contributed by atoms with Crippen LogP contribution in [0.5, 0.6) is 0 Å². The number of halogens is 1. The van der Waals surface area contributed by atoms with E-state index < -0.39 is 39.0 Å². The molecule has 1 aliphatic rings. The number of phosphoric acid groups is 1. The van der Waals surface area contributed by atoms with Gasteiger partial charge in [-0.2, -0.15) is 0 Å². The van der Waals surface area contributed by atoms with Crippen molar-refractivity contribution in [1.82, 2.24) is 19.5 Å². The summed E-state index contributed by atoms with van der Waals surface area (Å²) in [5.74, 6) is 0. The Bertz CT molecular complexity index is 777. The van der Waals surface area contributed by atoms with Crippen molar-refractivity contribution in [3.63, 3.8) is 0 Å². The molecule has 15 heteroatoms. The first-order valence-corrected chi connectivity index (χ1v) is 8.13. The summed E-state index contributed by atoms with van der Waals surface area (Å²) in [7, 11) is -5.22. The number of imidazole rings is 1. The SMILES string of the molecule is O=P([O-])([O-])OC[C@H]1O[C@@H](n2cnc3c(Cl)ncnc32)[C@H](O)[C@@H]1O.[Na+].[Na+]. The summed E-state index contributed by atoms with van der Waals surface area (Å²) < 4.78 is 21.3. The third-order valence-corrected chi connectivity index (χ3v) is 4.06. The van der Waals surface area contributed by atoms with E-state index in [0.717, 1.165) is 0 Å². The fourth-order valence-corrected chi connectivity index (χ4v) is 2.78. The molecule has 0 aliphatic carbocycles. The largest absolute Gasteiger partial charge is 1.00 e. The maximum absolute atomic E-state index is 10.5. The molecule has 2 aromatic rings. The van der Waals surface area contributed by atoms with E-state index in [9.17, 15) is 24.6 Å². The average Bonchev–Trinajstić information content (AvgIpc) is 3.01. The van der Waals surface area contributed by atoms with Crippen LogP contribution in [0.25, 0.3) is 11.2 Å². The minimum atomic E-state index is -5.22. The molecule has 126 valence electrons. The maximum Gasteiger partial charge on any atom is 1.00 e. The van der Waals surface area contributed by atoms with E-state index in [1.165, 1.54) is 17.2 Å². The van der Waals surface area contributed by atoms with Gasteiger partial charge < -0.3 is 33.8 Å². The molecule has 2 aromatic heterocycles. The predicted octanol–water partition coefficient (Wildman–Crippen LogP) is -8.05. The molecular formula is C10H10ClN4Na2O7P. The second kappa shape index (κ2) is 9.35. The van der Waals surface area contributed by atoms with Gasteiger partial charge in [0.15, 0.2) is 17.0 Å². The fraction of sp³-hybridized carbons (Fsp3) is 0.500. The van der Waals surface area contributed by atoms with Crippen LogP contribution >= 0.6 is 19.4 Å². The summed E-state index contributed by atoms with van der Waals surface area (Å²) >= 11 is 5.87. The van der Waals surface area contributed by atoms with Gasteiger partial charge in [0.25, 0.3) is 0 Å². The minimum absolute atomic E-state index is 0. The van der Waals surface area contributed by atoms with Gasteiger partial charge in [-0.1, -0.05) is 11.6 Å². The number of nitrogens with zero attached hydrogens (tertiary/aromatic N) is 4. The first-order chi connectivity index (χ1) is 10.8. The zero-order chi connectivity index (χ0) is 16.8. The Kier molecular flexibility index (Phi) is 8.93. The zero-order valence-corrected chi connectivity index (χ0v) is 18.9. The molecule has 0 amide bonds. The number of aliphatic hydroxyl groups is 2. The average molecular weight is 411 g/mol. The molecule has 0 aromatic carbocycles. The van der Waals surface area contributed by atoms with Gasteiger partial charge in [0, 0.05) is 0 Å². The molecule has 1 aliphatic heterocycles. The van der Waals surface area contributed by atoms with Crippen LogP contribution in [0.15, 0.2) is 12.7 Å². The van der Waals surface area contributed by atoms with Crippen molar-refractivity contribution >= 4 is 30.6 Å². The van der Waals surface area contributed by atoms with Crippen molar-refractivity contribution in [3.8, 4) is 0 Å². The van der Waals surface area contributed by atoms with Gasteiger partial charge in [-0.3, -0.25) is 4.57 Å². The van der Waals surface area contributed by atoms with E-state index in [1.54, 1.807) is 0 Å². The van der Waals surface area contributed by atoms with Gasteiger partial charge in [-0.05, 0) is 0 Å². The fourth-order valence-electron chi connectivity index (χ4n) is 2.27. The van der Waals surface area contributed by atoms with Crippen LogP contribution in [0, 0.1) is 0 Å². The third kappa shape index (κ3) is 5.21. The van der Waals surface area contributed by atoms with Gasteiger partial charge >= 0.3 is 59.1 Å². The van der Waals surface area contributed by atoms with Crippen LogP contribution in [-0.4, -0.2) is 54.7 Å². The molecule has 0 bridgehead atoms. The third-order valence-electron chi connectivity index (χ3n) is 3.32. The molecule has 3 rings (SSSR count). The van der Waals surface area contributed by atoms with Gasteiger partial charge in [0.05, 0.1) is 20.8 Å². The standard InChI is InChI=1S/C10H12ClN4O7P.2Na/c11-8-5-9(13-2-12-8)15(3-14-5)10-7(17)6(16)4(22-10)1-21-23(18,19)20;;/h2-4,6-7,10,16-17H,1H2,(H2,18,19,20);;/q;2*+1/p-2/t4-,6-,7-,10-;;/m1../s1. The second-order valence-corrected chi connectivity index (χ2v) is 6.29. The Morgan fingerprint density at radius 2 is 1.96 bits per heavy atom. The van der Waals surface area contributed by atoms with E-state index in [2.05, 4.69) is 19.5 Å². The molecule has 3 heterocycles. The summed E-state index contributed by atoms with van der Waals surface area (Å²) in [4.78, 5) is 32.7. The van der Waals surface area contributed by atoms with E-state index in [1.807, 2.05) is 0 Å². The van der Waals surface area contributed by atoms with Crippen LogP contribution in [0.1, 0.15) is 6.23 Å². The van der Waals surface area contributed by atoms with E-state index in [4.69, 9.17) is 16.3 Å². The minimum Gasteiger partial charge on any atom is -0.790 e. The zero-order valence-electron chi connectivity index (χ0n) is 13.2. The van der Waals surface area contributed by atoms with Crippen LogP contribution < -0.4 is 68.9 Å². The number of ether oxygens (including phenoxy) is 1. The Morgan fingerprint density at radius 1 is 1.28 bits per heavy atom. The predicted molar refractivity (Wildman–Crippen MR) is 69.8 cm³/mol. The molecule has 0 saturated carbocycles. The summed E-state index contributed by atoms with van der Waals surface area (Å²) in [5.41, 5.74) is 0.518. The van der Waals surface area contributed by atoms with Crippen LogP contribution in [0.2, 0.25) is 5.15 Å². The van der Waals surface area contributed by atoms with Gasteiger partial charge in [0.1, 0.15) is 30.2 Å². The van der Waals surface area contributed by atoms with Crippen LogP contribution in [-0.2, 0) is 13.8 Å².